The molecule has 6 rings (SSSR count). The van der Waals surface area contributed by atoms with Gasteiger partial charge in [-0.15, -0.1) is 0 Å². The summed E-state index contributed by atoms with van der Waals surface area (Å²) in [5.41, 5.74) is 3.44. The molecule has 4 atom stereocenters. The van der Waals surface area contributed by atoms with Crippen molar-refractivity contribution in [3.63, 3.8) is 0 Å². The lowest BCUT2D eigenvalue weighted by Gasteiger charge is -2.25. The molecule has 0 spiro atoms. The van der Waals surface area contributed by atoms with Crippen molar-refractivity contribution < 1.29 is 23.7 Å². The first-order valence-corrected chi connectivity index (χ1v) is 15.3. The monoisotopic (exact) mass is 581 g/mol. The van der Waals surface area contributed by atoms with Crippen LogP contribution in [0.5, 0.6) is 0 Å². The first-order chi connectivity index (χ1) is 20.8. The number of fused-ring (bicyclic) bond motifs is 1. The van der Waals surface area contributed by atoms with E-state index in [2.05, 4.69) is 36.4 Å². The van der Waals surface area contributed by atoms with Gasteiger partial charge in [0.15, 0.2) is 6.10 Å². The molecule has 1 fully saturated rings. The highest BCUT2D eigenvalue weighted by Crippen LogP contribution is 2.43. The maximum Gasteiger partial charge on any atom is 0.249 e. The fraction of sp³-hybridized carbons (Fsp3) is 0.286. The van der Waals surface area contributed by atoms with Crippen LogP contribution in [0.2, 0.25) is 0 Å². The van der Waals surface area contributed by atoms with E-state index in [1.165, 1.54) is 5.56 Å². The van der Waals surface area contributed by atoms with Gasteiger partial charge in [0.1, 0.15) is 18.8 Å². The first-order valence-electron chi connectivity index (χ1n) is 14.3. The van der Waals surface area contributed by atoms with E-state index in [9.17, 15) is 0 Å². The summed E-state index contributed by atoms with van der Waals surface area (Å²) in [5.74, 6) is 0.743. The van der Waals surface area contributed by atoms with Crippen molar-refractivity contribution in [1.29, 1.82) is 0 Å². The minimum Gasteiger partial charge on any atom is -0.461 e. The highest BCUT2D eigenvalue weighted by molar-refractivity contribution is 8.12. The van der Waals surface area contributed by atoms with Gasteiger partial charge in [-0.3, -0.25) is 0 Å². The number of aliphatic imine (C=N–C) groups is 1. The molecule has 42 heavy (non-hydrogen) atoms. The zero-order valence-electron chi connectivity index (χ0n) is 23.4. The van der Waals surface area contributed by atoms with Crippen LogP contribution >= 0.6 is 11.8 Å². The predicted octanol–water partition coefficient (Wildman–Crippen LogP) is 6.79. The maximum absolute atomic E-state index is 6.73. The molecule has 216 valence electrons. The average Bonchev–Trinajstić information content (AvgIpc) is 3.53. The van der Waals surface area contributed by atoms with Gasteiger partial charge in [-0.25, -0.2) is 4.99 Å². The van der Waals surface area contributed by atoms with Crippen molar-refractivity contribution in [1.82, 2.24) is 0 Å². The lowest BCUT2D eigenvalue weighted by molar-refractivity contribution is -0.124. The van der Waals surface area contributed by atoms with Gasteiger partial charge in [0, 0.05) is 5.75 Å². The molecule has 1 saturated heterocycles. The molecule has 0 bridgehead atoms. The maximum atomic E-state index is 6.73. The Morgan fingerprint density at radius 1 is 0.643 bits per heavy atom. The Labute approximate surface area is 251 Å². The van der Waals surface area contributed by atoms with E-state index in [0.717, 1.165) is 22.4 Å². The first kappa shape index (κ1) is 28.6. The molecular formula is C35H35NO5S. The van der Waals surface area contributed by atoms with Gasteiger partial charge in [-0.2, -0.15) is 0 Å². The third-order valence-corrected chi connectivity index (χ3v) is 8.19. The van der Waals surface area contributed by atoms with Crippen LogP contribution in [0.4, 0.5) is 0 Å². The molecule has 6 nitrogen and oxygen atoms in total. The molecule has 2 aliphatic rings. The Balaban J connectivity index is 1.20. The molecular weight excluding hydrogens is 546 g/mol. The second-order valence-electron chi connectivity index (χ2n) is 10.4. The van der Waals surface area contributed by atoms with Gasteiger partial charge < -0.3 is 23.7 Å². The molecule has 0 amide bonds. The highest BCUT2D eigenvalue weighted by atomic mass is 32.2. The Bertz CT molecular complexity index is 1410. The Morgan fingerprint density at radius 3 is 1.76 bits per heavy atom. The summed E-state index contributed by atoms with van der Waals surface area (Å²) in [6, 6.07) is 40.7. The summed E-state index contributed by atoms with van der Waals surface area (Å²) in [6.45, 7) is 1.94. The molecule has 4 aromatic rings. The lowest BCUT2D eigenvalue weighted by atomic mass is 10.0. The summed E-state index contributed by atoms with van der Waals surface area (Å²) in [5, 5.41) is 0.587. The Kier molecular flexibility index (Phi) is 9.64. The van der Waals surface area contributed by atoms with Gasteiger partial charge in [0.25, 0.3) is 0 Å². The summed E-state index contributed by atoms with van der Waals surface area (Å²) in [7, 11) is 0. The number of hydrogen-bond acceptors (Lipinski definition) is 7. The zero-order valence-corrected chi connectivity index (χ0v) is 24.2. The van der Waals surface area contributed by atoms with Crippen molar-refractivity contribution in [3.05, 3.63) is 144 Å². The van der Waals surface area contributed by atoms with Gasteiger partial charge >= 0.3 is 0 Å². The number of rotatable bonds is 13. The summed E-state index contributed by atoms with van der Waals surface area (Å²) >= 11 is 1.56. The largest absolute Gasteiger partial charge is 0.461 e. The number of thioether (sulfide) groups is 1. The van der Waals surface area contributed by atoms with Crippen LogP contribution < -0.4 is 0 Å². The van der Waals surface area contributed by atoms with Crippen LogP contribution in [0, 0.1) is 0 Å². The molecule has 0 aliphatic carbocycles. The molecule has 1 unspecified atom stereocenters. The molecule has 0 aromatic heterocycles. The molecule has 2 heterocycles. The van der Waals surface area contributed by atoms with Gasteiger partial charge in [-0.05, 0) is 22.3 Å². The fourth-order valence-electron chi connectivity index (χ4n) is 5.17. The van der Waals surface area contributed by atoms with Crippen LogP contribution in [0.15, 0.2) is 126 Å². The van der Waals surface area contributed by atoms with E-state index in [-0.39, 0.29) is 12.7 Å². The van der Waals surface area contributed by atoms with Crippen molar-refractivity contribution in [2.24, 2.45) is 4.99 Å². The van der Waals surface area contributed by atoms with Crippen LogP contribution in [-0.4, -0.2) is 42.5 Å². The minimum absolute atomic E-state index is 0.238. The molecule has 7 heteroatoms. The summed E-state index contributed by atoms with van der Waals surface area (Å²) in [6.07, 6.45) is -1.26. The number of ether oxygens (including phenoxy) is 5. The van der Waals surface area contributed by atoms with E-state index in [1.807, 2.05) is 84.9 Å². The number of benzene rings is 4. The second kappa shape index (κ2) is 14.1. The summed E-state index contributed by atoms with van der Waals surface area (Å²) in [4.78, 5) is 5.02. The molecule has 0 radical (unpaired) electrons. The second-order valence-corrected chi connectivity index (χ2v) is 11.4. The highest BCUT2D eigenvalue weighted by Gasteiger charge is 2.61. The van der Waals surface area contributed by atoms with E-state index < -0.39 is 17.9 Å². The van der Waals surface area contributed by atoms with Crippen LogP contribution in [0.25, 0.3) is 0 Å². The van der Waals surface area contributed by atoms with Gasteiger partial charge in [0.2, 0.25) is 11.0 Å². The van der Waals surface area contributed by atoms with E-state index in [1.54, 1.807) is 11.8 Å². The molecule has 0 N–H and O–H groups in total. The quantitative estimate of drug-likeness (QED) is 0.173. The third-order valence-electron chi connectivity index (χ3n) is 7.28. The standard InChI is InChI=1S/C35H35NO5S/c1-5-13-27(14-6-1)21-37-24-31-32(39-23-29-17-9-3-10-18-29)33-35(41-31,26-38-22-28-15-7-2-8-16-28)36-34(40-33)42-25-30-19-11-4-12-20-30/h1-20,31-33H,21-26H2/t31-,32+,33-,35?/m0/s1. The van der Waals surface area contributed by atoms with Crippen molar-refractivity contribution in [2.75, 3.05) is 13.2 Å². The van der Waals surface area contributed by atoms with Crippen LogP contribution in [-0.2, 0) is 49.3 Å². The molecule has 0 saturated carbocycles. The molecule has 2 aliphatic heterocycles. The topological polar surface area (TPSA) is 58.5 Å². The van der Waals surface area contributed by atoms with E-state index in [0.29, 0.717) is 31.7 Å². The van der Waals surface area contributed by atoms with E-state index in [4.69, 9.17) is 28.7 Å². The zero-order chi connectivity index (χ0) is 28.5. The van der Waals surface area contributed by atoms with Gasteiger partial charge in [0.05, 0.1) is 26.4 Å². The fourth-order valence-corrected chi connectivity index (χ4v) is 6.04. The number of nitrogens with zero attached hydrogens (tertiary/aromatic N) is 1. The SMILES string of the molecule is c1ccc(COC[C@@H]2OC3(COCc4ccccc4)N=C(SCc4ccccc4)O[C@H]3[C@@H]2OCc2ccccc2)cc1. The van der Waals surface area contributed by atoms with E-state index >= 15 is 0 Å². The summed E-state index contributed by atoms with van der Waals surface area (Å²) < 4.78 is 32.2. The van der Waals surface area contributed by atoms with Crippen LogP contribution in [0.1, 0.15) is 22.3 Å². The van der Waals surface area contributed by atoms with Crippen molar-refractivity contribution in [3.8, 4) is 0 Å². The van der Waals surface area contributed by atoms with Gasteiger partial charge in [-0.1, -0.05) is 133 Å². The predicted molar refractivity (Wildman–Crippen MR) is 165 cm³/mol. The average molecular weight is 582 g/mol. The van der Waals surface area contributed by atoms with Crippen LogP contribution in [0.3, 0.4) is 0 Å². The smallest absolute Gasteiger partial charge is 0.249 e. The normalized spacial score (nSPS) is 22.9. The minimum atomic E-state index is -1.03. The molecule has 4 aromatic carbocycles. The Morgan fingerprint density at radius 2 is 1.17 bits per heavy atom. The van der Waals surface area contributed by atoms with Crippen molar-refractivity contribution in [2.45, 2.75) is 49.6 Å². The Hall–Kier alpha value is -3.46. The number of hydrogen-bond donors (Lipinski definition) is 0. The third kappa shape index (κ3) is 7.30. The lowest BCUT2D eigenvalue weighted by Crippen LogP contribution is -2.44. The van der Waals surface area contributed by atoms with Crippen molar-refractivity contribution >= 4 is 17.0 Å².